The molecule has 1 aromatic carbocycles. The van der Waals surface area contributed by atoms with Gasteiger partial charge < -0.3 is 15.0 Å². The molecular formula is C15H24N2O2. The molecule has 19 heavy (non-hydrogen) atoms. The zero-order valence-corrected chi connectivity index (χ0v) is 12.3. The van der Waals surface area contributed by atoms with Gasteiger partial charge in [0.15, 0.2) is 0 Å². The third kappa shape index (κ3) is 4.56. The maximum atomic E-state index is 11.9. The van der Waals surface area contributed by atoms with E-state index in [-0.39, 0.29) is 11.9 Å². The lowest BCUT2D eigenvalue weighted by Gasteiger charge is -2.21. The van der Waals surface area contributed by atoms with Crippen molar-refractivity contribution in [2.45, 2.75) is 26.8 Å². The van der Waals surface area contributed by atoms with E-state index in [9.17, 15) is 4.79 Å². The molecule has 0 unspecified atom stereocenters. The highest BCUT2D eigenvalue weighted by Gasteiger charge is 2.12. The predicted molar refractivity (Wildman–Crippen MR) is 77.3 cm³/mol. The second kappa shape index (κ2) is 7.79. The number of nitrogens with zero attached hydrogens (tertiary/aromatic N) is 1. The quantitative estimate of drug-likeness (QED) is 0.821. The van der Waals surface area contributed by atoms with Gasteiger partial charge in [-0.3, -0.25) is 4.79 Å². The molecule has 0 fully saturated rings. The summed E-state index contributed by atoms with van der Waals surface area (Å²) in [5.41, 5.74) is 1.12. The van der Waals surface area contributed by atoms with E-state index < -0.39 is 0 Å². The Labute approximate surface area is 115 Å². The van der Waals surface area contributed by atoms with Crippen molar-refractivity contribution in [2.24, 2.45) is 0 Å². The summed E-state index contributed by atoms with van der Waals surface area (Å²) in [4.78, 5) is 13.7. The second-order valence-electron chi connectivity index (χ2n) is 4.45. The number of carbonyl (C=O) groups excluding carboxylic acids is 1. The standard InChI is InChI=1S/C15H24N2O2/c1-5-17(6-2)15(18)11-16-12(3)13-8-7-9-14(10-13)19-4/h7-10,12,16H,5-6,11H2,1-4H3/t12-/m1/s1. The van der Waals surface area contributed by atoms with Crippen molar-refractivity contribution >= 4 is 5.91 Å². The molecule has 4 nitrogen and oxygen atoms in total. The molecule has 1 N–H and O–H groups in total. The van der Waals surface area contributed by atoms with Gasteiger partial charge in [-0.25, -0.2) is 0 Å². The lowest BCUT2D eigenvalue weighted by atomic mass is 10.1. The van der Waals surface area contributed by atoms with E-state index in [1.165, 1.54) is 0 Å². The van der Waals surface area contributed by atoms with Gasteiger partial charge in [0.25, 0.3) is 0 Å². The van der Waals surface area contributed by atoms with Crippen molar-refractivity contribution in [1.29, 1.82) is 0 Å². The van der Waals surface area contributed by atoms with Gasteiger partial charge in [0.05, 0.1) is 13.7 Å². The van der Waals surface area contributed by atoms with Crippen molar-refractivity contribution in [2.75, 3.05) is 26.7 Å². The highest BCUT2D eigenvalue weighted by molar-refractivity contribution is 5.78. The maximum absolute atomic E-state index is 11.9. The number of carbonyl (C=O) groups is 1. The number of hydrogen-bond donors (Lipinski definition) is 1. The Hall–Kier alpha value is -1.55. The third-order valence-corrected chi connectivity index (χ3v) is 3.27. The first kappa shape index (κ1) is 15.5. The molecule has 0 saturated carbocycles. The van der Waals surface area contributed by atoms with Gasteiger partial charge in [-0.05, 0) is 38.5 Å². The van der Waals surface area contributed by atoms with Crippen LogP contribution in [0.4, 0.5) is 0 Å². The molecule has 0 heterocycles. The monoisotopic (exact) mass is 264 g/mol. The van der Waals surface area contributed by atoms with E-state index in [0.29, 0.717) is 6.54 Å². The fourth-order valence-electron chi connectivity index (χ4n) is 1.96. The summed E-state index contributed by atoms with van der Waals surface area (Å²) in [6.07, 6.45) is 0. The first-order valence-corrected chi connectivity index (χ1v) is 6.77. The number of hydrogen-bond acceptors (Lipinski definition) is 3. The Morgan fingerprint density at radius 2 is 2.05 bits per heavy atom. The van der Waals surface area contributed by atoms with Crippen LogP contribution in [0, 0.1) is 0 Å². The van der Waals surface area contributed by atoms with Gasteiger partial charge in [0, 0.05) is 19.1 Å². The molecule has 0 aliphatic rings. The smallest absolute Gasteiger partial charge is 0.236 e. The normalized spacial score (nSPS) is 12.0. The zero-order valence-electron chi connectivity index (χ0n) is 12.3. The van der Waals surface area contributed by atoms with Gasteiger partial charge in [0.2, 0.25) is 5.91 Å². The van der Waals surface area contributed by atoms with Gasteiger partial charge >= 0.3 is 0 Å². The lowest BCUT2D eigenvalue weighted by Crippen LogP contribution is -2.38. The van der Waals surface area contributed by atoms with Crippen LogP contribution in [0.5, 0.6) is 5.75 Å². The summed E-state index contributed by atoms with van der Waals surface area (Å²) < 4.78 is 5.20. The number of nitrogens with one attached hydrogen (secondary N) is 1. The lowest BCUT2D eigenvalue weighted by molar-refractivity contribution is -0.129. The molecule has 0 saturated heterocycles. The summed E-state index contributed by atoms with van der Waals surface area (Å²) in [7, 11) is 1.65. The van der Waals surface area contributed by atoms with Gasteiger partial charge in [-0.1, -0.05) is 12.1 Å². The summed E-state index contributed by atoms with van der Waals surface area (Å²) in [6.45, 7) is 7.90. The Kier molecular flexibility index (Phi) is 6.36. The number of rotatable bonds is 7. The summed E-state index contributed by atoms with van der Waals surface area (Å²) in [6, 6.07) is 8.01. The van der Waals surface area contributed by atoms with E-state index in [1.54, 1.807) is 7.11 Å². The summed E-state index contributed by atoms with van der Waals surface area (Å²) >= 11 is 0. The van der Waals surface area contributed by atoms with Crippen molar-refractivity contribution in [3.63, 3.8) is 0 Å². The average molecular weight is 264 g/mol. The van der Waals surface area contributed by atoms with Crippen LogP contribution in [0.3, 0.4) is 0 Å². The second-order valence-corrected chi connectivity index (χ2v) is 4.45. The van der Waals surface area contributed by atoms with E-state index in [1.807, 2.05) is 49.9 Å². The molecule has 0 radical (unpaired) electrons. The van der Waals surface area contributed by atoms with Crippen LogP contribution in [0.25, 0.3) is 0 Å². The molecule has 106 valence electrons. The van der Waals surface area contributed by atoms with Crippen LogP contribution in [0.2, 0.25) is 0 Å². The Morgan fingerprint density at radius 1 is 1.37 bits per heavy atom. The largest absolute Gasteiger partial charge is 0.497 e. The molecule has 1 atom stereocenters. The summed E-state index contributed by atoms with van der Waals surface area (Å²) in [5.74, 6) is 0.973. The van der Waals surface area contributed by atoms with Crippen molar-refractivity contribution in [1.82, 2.24) is 10.2 Å². The molecule has 1 aromatic rings. The molecule has 0 bridgehead atoms. The first-order valence-electron chi connectivity index (χ1n) is 6.77. The Morgan fingerprint density at radius 3 is 2.63 bits per heavy atom. The minimum absolute atomic E-state index is 0.120. The first-order chi connectivity index (χ1) is 9.12. The molecule has 0 aliphatic heterocycles. The molecule has 1 rings (SSSR count). The minimum Gasteiger partial charge on any atom is -0.497 e. The number of likely N-dealkylation sites (N-methyl/N-ethyl adjacent to an activating group) is 1. The number of methoxy groups -OCH3 is 1. The van der Waals surface area contributed by atoms with Crippen LogP contribution < -0.4 is 10.1 Å². The fraction of sp³-hybridized carbons (Fsp3) is 0.533. The maximum Gasteiger partial charge on any atom is 0.236 e. The van der Waals surface area contributed by atoms with Crippen molar-refractivity contribution in [3.05, 3.63) is 29.8 Å². The molecule has 0 spiro atoms. The Bertz CT molecular complexity index is 403. The number of ether oxygens (including phenoxy) is 1. The van der Waals surface area contributed by atoms with Crippen molar-refractivity contribution in [3.8, 4) is 5.75 Å². The van der Waals surface area contributed by atoms with Crippen LogP contribution >= 0.6 is 0 Å². The minimum atomic E-state index is 0.120. The van der Waals surface area contributed by atoms with E-state index >= 15 is 0 Å². The van der Waals surface area contributed by atoms with Crippen molar-refractivity contribution < 1.29 is 9.53 Å². The molecule has 1 amide bonds. The molecule has 0 aliphatic carbocycles. The molecular weight excluding hydrogens is 240 g/mol. The van der Waals surface area contributed by atoms with Gasteiger partial charge in [-0.15, -0.1) is 0 Å². The predicted octanol–water partition coefficient (Wildman–Crippen LogP) is 2.21. The highest BCUT2D eigenvalue weighted by atomic mass is 16.5. The average Bonchev–Trinajstić information content (AvgIpc) is 2.46. The van der Waals surface area contributed by atoms with E-state index in [2.05, 4.69) is 5.32 Å². The zero-order chi connectivity index (χ0) is 14.3. The third-order valence-electron chi connectivity index (χ3n) is 3.27. The molecule has 4 heteroatoms. The SMILES string of the molecule is CCN(CC)C(=O)CN[C@H](C)c1cccc(OC)c1. The fourth-order valence-corrected chi connectivity index (χ4v) is 1.96. The molecule has 0 aromatic heterocycles. The van der Waals surface area contributed by atoms with Crippen LogP contribution in [-0.2, 0) is 4.79 Å². The summed E-state index contributed by atoms with van der Waals surface area (Å²) in [5, 5.41) is 3.25. The van der Waals surface area contributed by atoms with E-state index in [4.69, 9.17) is 4.74 Å². The van der Waals surface area contributed by atoms with Gasteiger partial charge in [0.1, 0.15) is 5.75 Å². The topological polar surface area (TPSA) is 41.6 Å². The number of amides is 1. The number of benzene rings is 1. The van der Waals surface area contributed by atoms with Crippen LogP contribution in [0.15, 0.2) is 24.3 Å². The highest BCUT2D eigenvalue weighted by Crippen LogP contribution is 2.18. The van der Waals surface area contributed by atoms with Crippen LogP contribution in [-0.4, -0.2) is 37.6 Å². The van der Waals surface area contributed by atoms with Gasteiger partial charge in [-0.2, -0.15) is 0 Å². The van der Waals surface area contributed by atoms with Crippen LogP contribution in [0.1, 0.15) is 32.4 Å². The van der Waals surface area contributed by atoms with E-state index in [0.717, 1.165) is 24.4 Å². The Balaban J connectivity index is 2.55.